The lowest BCUT2D eigenvalue weighted by molar-refractivity contribution is 0.102. The number of methoxy groups -OCH3 is 1. The van der Waals surface area contributed by atoms with Crippen LogP contribution in [0.1, 0.15) is 28.4 Å². The molecule has 6 nitrogen and oxygen atoms in total. The van der Waals surface area contributed by atoms with Crippen molar-refractivity contribution in [2.45, 2.75) is 13.0 Å². The zero-order chi connectivity index (χ0) is 13.8. The highest BCUT2D eigenvalue weighted by Crippen LogP contribution is 2.23. The van der Waals surface area contributed by atoms with Crippen molar-refractivity contribution in [2.24, 2.45) is 0 Å². The normalized spacial score (nSPS) is 12.2. The summed E-state index contributed by atoms with van der Waals surface area (Å²) in [6, 6.07) is 1.10. The molecule has 0 spiro atoms. The average molecular weight is 282 g/mol. The van der Waals surface area contributed by atoms with Gasteiger partial charge in [0.05, 0.1) is 11.8 Å². The van der Waals surface area contributed by atoms with Gasteiger partial charge in [0.15, 0.2) is 0 Å². The summed E-state index contributed by atoms with van der Waals surface area (Å²) < 4.78 is 18.0. The summed E-state index contributed by atoms with van der Waals surface area (Å²) in [7, 11) is 1.56. The van der Waals surface area contributed by atoms with Gasteiger partial charge in [-0.25, -0.2) is 4.39 Å². The molecule has 0 aliphatic heterocycles. The summed E-state index contributed by atoms with van der Waals surface area (Å²) in [5, 5.41) is 11.2. The van der Waals surface area contributed by atoms with Gasteiger partial charge in [-0.05, 0) is 13.0 Å². The fourth-order valence-corrected chi connectivity index (χ4v) is 2.02. The van der Waals surface area contributed by atoms with Crippen LogP contribution < -0.4 is 5.32 Å². The van der Waals surface area contributed by atoms with Crippen LogP contribution in [0.25, 0.3) is 0 Å². The minimum atomic E-state index is -0.571. The first-order chi connectivity index (χ1) is 9.10. The van der Waals surface area contributed by atoms with Crippen LogP contribution in [0.4, 0.5) is 9.52 Å². The number of hydrogen-bond donors (Lipinski definition) is 1. The van der Waals surface area contributed by atoms with E-state index < -0.39 is 11.7 Å². The minimum absolute atomic E-state index is 0.122. The number of halogens is 1. The molecular formula is C11H11FN4O2S. The molecule has 2 aromatic rings. The van der Waals surface area contributed by atoms with Gasteiger partial charge in [0, 0.05) is 13.3 Å². The van der Waals surface area contributed by atoms with Gasteiger partial charge in [-0.1, -0.05) is 11.3 Å². The molecule has 0 saturated carbocycles. The standard InChI is InChI=1S/C11H11FN4O2S/c1-6(18-2)10-15-16-11(19-10)14-9(17)7-3-8(12)5-13-4-7/h3-6H,1-2H3,(H,14,16,17). The predicted molar refractivity (Wildman–Crippen MR) is 67.5 cm³/mol. The van der Waals surface area contributed by atoms with Gasteiger partial charge in [0.2, 0.25) is 5.13 Å². The molecular weight excluding hydrogens is 271 g/mol. The topological polar surface area (TPSA) is 77.0 Å². The summed E-state index contributed by atoms with van der Waals surface area (Å²) in [4.78, 5) is 15.4. The van der Waals surface area contributed by atoms with E-state index in [9.17, 15) is 9.18 Å². The van der Waals surface area contributed by atoms with E-state index in [1.54, 1.807) is 7.11 Å². The SMILES string of the molecule is COC(C)c1nnc(NC(=O)c2cncc(F)c2)s1. The largest absolute Gasteiger partial charge is 0.374 e. The van der Waals surface area contributed by atoms with E-state index in [4.69, 9.17) is 4.74 Å². The monoisotopic (exact) mass is 282 g/mol. The van der Waals surface area contributed by atoms with Crippen LogP contribution in [0.2, 0.25) is 0 Å². The van der Waals surface area contributed by atoms with E-state index >= 15 is 0 Å². The molecule has 1 amide bonds. The lowest BCUT2D eigenvalue weighted by Crippen LogP contribution is -2.12. The Kier molecular flexibility index (Phi) is 4.13. The minimum Gasteiger partial charge on any atom is -0.374 e. The molecule has 0 radical (unpaired) electrons. The molecule has 0 aliphatic rings. The van der Waals surface area contributed by atoms with Crippen molar-refractivity contribution in [2.75, 3.05) is 12.4 Å². The Morgan fingerprint density at radius 1 is 1.47 bits per heavy atom. The third-order valence-corrected chi connectivity index (χ3v) is 3.33. The Morgan fingerprint density at radius 2 is 2.26 bits per heavy atom. The molecule has 100 valence electrons. The van der Waals surface area contributed by atoms with E-state index in [-0.39, 0.29) is 11.7 Å². The Balaban J connectivity index is 2.09. The van der Waals surface area contributed by atoms with E-state index in [0.717, 1.165) is 12.3 Å². The smallest absolute Gasteiger partial charge is 0.259 e. The number of ether oxygens (including phenoxy) is 1. The summed E-state index contributed by atoms with van der Waals surface area (Å²) in [6.45, 7) is 1.82. The van der Waals surface area contributed by atoms with Crippen LogP contribution in [0.3, 0.4) is 0 Å². The maximum atomic E-state index is 12.9. The van der Waals surface area contributed by atoms with Crippen LogP contribution in [-0.2, 0) is 4.74 Å². The van der Waals surface area contributed by atoms with Crippen molar-refractivity contribution in [1.29, 1.82) is 0 Å². The van der Waals surface area contributed by atoms with Crippen LogP contribution in [0.5, 0.6) is 0 Å². The first-order valence-corrected chi connectivity index (χ1v) is 6.20. The zero-order valence-electron chi connectivity index (χ0n) is 10.3. The molecule has 19 heavy (non-hydrogen) atoms. The number of pyridine rings is 1. The molecule has 2 aromatic heterocycles. The molecule has 1 atom stereocenters. The number of hydrogen-bond acceptors (Lipinski definition) is 6. The molecule has 0 fully saturated rings. The molecule has 2 rings (SSSR count). The third kappa shape index (κ3) is 3.30. The maximum Gasteiger partial charge on any atom is 0.259 e. The highest BCUT2D eigenvalue weighted by Gasteiger charge is 2.14. The molecule has 2 heterocycles. The van der Waals surface area contributed by atoms with Crippen molar-refractivity contribution >= 4 is 22.4 Å². The lowest BCUT2D eigenvalue weighted by Gasteiger charge is -2.02. The molecule has 8 heteroatoms. The van der Waals surface area contributed by atoms with Crippen molar-refractivity contribution in [1.82, 2.24) is 15.2 Å². The number of anilines is 1. The summed E-state index contributed by atoms with van der Waals surface area (Å²) in [5.74, 6) is -1.06. The molecule has 1 N–H and O–H groups in total. The second-order valence-corrected chi connectivity index (χ2v) is 4.68. The number of aromatic nitrogens is 3. The summed E-state index contributed by atoms with van der Waals surface area (Å²) in [5.41, 5.74) is 0.122. The highest BCUT2D eigenvalue weighted by molar-refractivity contribution is 7.15. The van der Waals surface area contributed by atoms with Gasteiger partial charge in [-0.2, -0.15) is 0 Å². The molecule has 0 aromatic carbocycles. The van der Waals surface area contributed by atoms with E-state index in [0.29, 0.717) is 10.1 Å². The number of carbonyl (C=O) groups excluding carboxylic acids is 1. The van der Waals surface area contributed by atoms with Gasteiger partial charge in [0.25, 0.3) is 5.91 Å². The maximum absolute atomic E-state index is 12.9. The van der Waals surface area contributed by atoms with Crippen LogP contribution in [0, 0.1) is 5.82 Å². The average Bonchev–Trinajstić information content (AvgIpc) is 2.86. The van der Waals surface area contributed by atoms with Crippen LogP contribution in [-0.4, -0.2) is 28.2 Å². The van der Waals surface area contributed by atoms with E-state index in [2.05, 4.69) is 20.5 Å². The molecule has 0 aliphatic carbocycles. The predicted octanol–water partition coefficient (Wildman–Crippen LogP) is 2.03. The van der Waals surface area contributed by atoms with Gasteiger partial charge < -0.3 is 4.74 Å². The third-order valence-electron chi connectivity index (χ3n) is 2.33. The van der Waals surface area contributed by atoms with Crippen molar-refractivity contribution in [3.8, 4) is 0 Å². The Labute approximate surface area is 112 Å². The Bertz CT molecular complexity index is 590. The first-order valence-electron chi connectivity index (χ1n) is 5.38. The van der Waals surface area contributed by atoms with Gasteiger partial charge >= 0.3 is 0 Å². The summed E-state index contributed by atoms with van der Waals surface area (Å²) in [6.07, 6.45) is 2.11. The second kappa shape index (κ2) is 5.81. The Hall–Kier alpha value is -1.93. The Morgan fingerprint density at radius 3 is 2.95 bits per heavy atom. The number of nitrogens with zero attached hydrogens (tertiary/aromatic N) is 3. The second-order valence-electron chi connectivity index (χ2n) is 3.67. The fraction of sp³-hybridized carbons (Fsp3) is 0.273. The number of amides is 1. The summed E-state index contributed by atoms with van der Waals surface area (Å²) >= 11 is 1.20. The van der Waals surface area contributed by atoms with E-state index in [1.807, 2.05) is 6.92 Å². The van der Waals surface area contributed by atoms with Crippen molar-refractivity contribution in [3.05, 3.63) is 34.8 Å². The van der Waals surface area contributed by atoms with Crippen molar-refractivity contribution in [3.63, 3.8) is 0 Å². The lowest BCUT2D eigenvalue weighted by atomic mass is 10.3. The van der Waals surface area contributed by atoms with Crippen LogP contribution >= 0.6 is 11.3 Å². The number of nitrogens with one attached hydrogen (secondary N) is 1. The van der Waals surface area contributed by atoms with Gasteiger partial charge in [-0.3, -0.25) is 15.1 Å². The van der Waals surface area contributed by atoms with Gasteiger partial charge in [0.1, 0.15) is 16.9 Å². The highest BCUT2D eigenvalue weighted by atomic mass is 32.1. The fourth-order valence-electron chi connectivity index (χ4n) is 1.26. The van der Waals surface area contributed by atoms with E-state index in [1.165, 1.54) is 17.5 Å². The molecule has 0 saturated heterocycles. The van der Waals surface area contributed by atoms with Crippen molar-refractivity contribution < 1.29 is 13.9 Å². The quantitative estimate of drug-likeness (QED) is 0.928. The van der Waals surface area contributed by atoms with Gasteiger partial charge in [-0.15, -0.1) is 10.2 Å². The zero-order valence-corrected chi connectivity index (χ0v) is 11.1. The van der Waals surface area contributed by atoms with Crippen LogP contribution in [0.15, 0.2) is 18.5 Å². The number of carbonyl (C=O) groups is 1. The first kappa shape index (κ1) is 13.5. The molecule has 0 bridgehead atoms. The molecule has 1 unspecified atom stereocenters. The number of rotatable bonds is 4.